The van der Waals surface area contributed by atoms with Crippen molar-refractivity contribution in [1.82, 2.24) is 19.6 Å². The normalized spacial score (nSPS) is 18.1. The number of hydrogen-bond acceptors (Lipinski definition) is 4. The Kier molecular flexibility index (Phi) is 7.35. The third kappa shape index (κ3) is 5.36. The van der Waals surface area contributed by atoms with Gasteiger partial charge in [0.15, 0.2) is 5.65 Å². The first-order valence-electron chi connectivity index (χ1n) is 12.3. The van der Waals surface area contributed by atoms with E-state index in [-0.39, 0.29) is 29.1 Å². The number of nitrogens with one attached hydrogen (secondary N) is 2. The van der Waals surface area contributed by atoms with E-state index in [9.17, 15) is 18.0 Å². The predicted molar refractivity (Wildman–Crippen MR) is 139 cm³/mol. The van der Waals surface area contributed by atoms with Crippen LogP contribution in [0.25, 0.3) is 16.9 Å². The molecule has 0 saturated carbocycles. The molecule has 1 unspecified atom stereocenters. The van der Waals surface area contributed by atoms with Crippen molar-refractivity contribution in [1.29, 1.82) is 0 Å². The lowest BCUT2D eigenvalue weighted by Gasteiger charge is -2.21. The van der Waals surface area contributed by atoms with E-state index in [2.05, 4.69) is 20.5 Å². The predicted octanol–water partition coefficient (Wildman–Crippen LogP) is 5.26. The number of ether oxygens (including phenoxy) is 1. The summed E-state index contributed by atoms with van der Waals surface area (Å²) in [6, 6.07) is 20.3. The highest BCUT2D eigenvalue weighted by atomic mass is 19.4. The number of fused-ring (bicyclic) bond motifs is 1. The number of amides is 2. The second kappa shape index (κ2) is 10.8. The molecule has 4 aromatic rings. The lowest BCUT2D eigenvalue weighted by Crippen LogP contribution is -2.42. The van der Waals surface area contributed by atoms with Crippen molar-refractivity contribution in [2.75, 3.05) is 38.7 Å². The minimum Gasteiger partial charge on any atom is -0.383 e. The molecule has 10 heteroatoms. The smallest absolute Gasteiger partial charge is 0.383 e. The minimum atomic E-state index is -4.60. The number of pyridine rings is 1. The highest BCUT2D eigenvalue weighted by Gasteiger charge is 2.36. The van der Waals surface area contributed by atoms with E-state index >= 15 is 0 Å². The van der Waals surface area contributed by atoms with Gasteiger partial charge < -0.3 is 10.1 Å². The van der Waals surface area contributed by atoms with Gasteiger partial charge in [0, 0.05) is 44.4 Å². The molecule has 198 valence electrons. The fourth-order valence-corrected chi connectivity index (χ4v) is 4.99. The van der Waals surface area contributed by atoms with Crippen LogP contribution in [0.2, 0.25) is 0 Å². The van der Waals surface area contributed by atoms with Crippen molar-refractivity contribution in [3.05, 3.63) is 90.1 Å². The Labute approximate surface area is 218 Å². The van der Waals surface area contributed by atoms with Crippen LogP contribution in [0.1, 0.15) is 17.0 Å². The van der Waals surface area contributed by atoms with Gasteiger partial charge in [0.25, 0.3) is 0 Å². The number of aromatic nitrogens is 2. The van der Waals surface area contributed by atoms with Gasteiger partial charge >= 0.3 is 12.2 Å². The fraction of sp³-hybridized carbons (Fsp3) is 0.286. The monoisotopic (exact) mass is 523 g/mol. The topological polar surface area (TPSA) is 70.9 Å². The molecule has 0 spiro atoms. The zero-order valence-electron chi connectivity index (χ0n) is 20.8. The summed E-state index contributed by atoms with van der Waals surface area (Å²) < 4.78 is 47.8. The van der Waals surface area contributed by atoms with E-state index in [4.69, 9.17) is 4.74 Å². The number of hydrogen-bond donors (Lipinski definition) is 2. The summed E-state index contributed by atoms with van der Waals surface area (Å²) in [7, 11) is 1.65. The van der Waals surface area contributed by atoms with Crippen LogP contribution in [0.5, 0.6) is 0 Å². The van der Waals surface area contributed by atoms with Gasteiger partial charge in [-0.1, -0.05) is 60.7 Å². The van der Waals surface area contributed by atoms with Gasteiger partial charge in [0.1, 0.15) is 11.5 Å². The Hall–Kier alpha value is -3.89. The summed E-state index contributed by atoms with van der Waals surface area (Å²) in [4.78, 5) is 19.9. The molecule has 0 bridgehead atoms. The molecule has 2 N–H and O–H groups in total. The van der Waals surface area contributed by atoms with Crippen LogP contribution in [0.4, 0.5) is 23.8 Å². The van der Waals surface area contributed by atoms with Crippen molar-refractivity contribution in [2.24, 2.45) is 0 Å². The van der Waals surface area contributed by atoms with Crippen molar-refractivity contribution in [2.45, 2.75) is 18.1 Å². The number of halogens is 3. The highest BCUT2D eigenvalue weighted by Crippen LogP contribution is 2.36. The molecule has 2 atom stereocenters. The SMILES string of the molecule is COCCN1CC(NC(=O)Nc2c(-c3ccccc3)nc3c(C(F)(F)F)cccn23)[C@H](c2ccccc2)C1. The fourth-order valence-electron chi connectivity index (χ4n) is 4.99. The van der Waals surface area contributed by atoms with E-state index in [1.807, 2.05) is 30.3 Å². The van der Waals surface area contributed by atoms with Gasteiger partial charge in [-0.3, -0.25) is 14.6 Å². The lowest BCUT2D eigenvalue weighted by molar-refractivity contribution is -0.136. The lowest BCUT2D eigenvalue weighted by atomic mass is 9.94. The van der Waals surface area contributed by atoms with Crippen LogP contribution in [-0.2, 0) is 10.9 Å². The third-order valence-corrected chi connectivity index (χ3v) is 6.79. The van der Waals surface area contributed by atoms with Gasteiger partial charge in [-0.05, 0) is 17.7 Å². The van der Waals surface area contributed by atoms with Crippen molar-refractivity contribution < 1.29 is 22.7 Å². The first-order chi connectivity index (χ1) is 18.3. The Morgan fingerprint density at radius 3 is 2.42 bits per heavy atom. The highest BCUT2D eigenvalue weighted by molar-refractivity contribution is 5.94. The summed E-state index contributed by atoms with van der Waals surface area (Å²) in [5, 5.41) is 5.87. The molecule has 1 aliphatic rings. The van der Waals surface area contributed by atoms with E-state index in [0.29, 0.717) is 18.7 Å². The van der Waals surface area contributed by atoms with Gasteiger partial charge in [0.2, 0.25) is 0 Å². The number of carbonyl (C=O) groups excluding carboxylic acids is 1. The summed E-state index contributed by atoms with van der Waals surface area (Å²) in [5.41, 5.74) is 0.799. The van der Waals surface area contributed by atoms with E-state index in [1.165, 1.54) is 16.7 Å². The number of urea groups is 1. The van der Waals surface area contributed by atoms with Crippen LogP contribution in [0, 0.1) is 0 Å². The quantitative estimate of drug-likeness (QED) is 0.347. The summed E-state index contributed by atoms with van der Waals surface area (Å²) in [6.45, 7) is 2.67. The molecule has 5 rings (SSSR count). The molecule has 1 saturated heterocycles. The Morgan fingerprint density at radius 2 is 1.74 bits per heavy atom. The van der Waals surface area contributed by atoms with Crippen LogP contribution < -0.4 is 10.6 Å². The molecule has 2 aromatic carbocycles. The standard InChI is InChI=1S/C28H28F3N5O2/c1-38-16-15-35-17-21(19-9-4-2-5-10-19)23(18-35)32-27(37)34-26-24(20-11-6-3-7-12-20)33-25-22(28(29,30)31)13-8-14-36(25)26/h2-14,21,23H,15-18H2,1H3,(H2,32,34,37)/t21-,23?/m0/s1. The second-order valence-electron chi connectivity index (χ2n) is 9.26. The maximum atomic E-state index is 13.8. The number of alkyl halides is 3. The molecule has 7 nitrogen and oxygen atoms in total. The first-order valence-corrected chi connectivity index (χ1v) is 12.3. The molecular formula is C28H28F3N5O2. The number of methoxy groups -OCH3 is 1. The number of carbonyl (C=O) groups is 1. The molecule has 2 aromatic heterocycles. The van der Waals surface area contributed by atoms with Crippen LogP contribution in [0.3, 0.4) is 0 Å². The molecule has 0 radical (unpaired) electrons. The number of anilines is 1. The molecule has 2 amide bonds. The first kappa shape index (κ1) is 25.7. The summed E-state index contributed by atoms with van der Waals surface area (Å²) in [5.74, 6) is 0.215. The number of likely N-dealkylation sites (tertiary alicyclic amines) is 1. The van der Waals surface area contributed by atoms with E-state index < -0.39 is 17.8 Å². The number of rotatable bonds is 7. The third-order valence-electron chi connectivity index (χ3n) is 6.79. The maximum Gasteiger partial charge on any atom is 0.419 e. The molecule has 1 aliphatic heterocycles. The largest absolute Gasteiger partial charge is 0.419 e. The second-order valence-corrected chi connectivity index (χ2v) is 9.26. The number of nitrogens with zero attached hydrogens (tertiary/aromatic N) is 3. The van der Waals surface area contributed by atoms with Crippen LogP contribution in [-0.4, -0.2) is 59.7 Å². The van der Waals surface area contributed by atoms with E-state index in [0.717, 1.165) is 24.7 Å². The van der Waals surface area contributed by atoms with Crippen molar-refractivity contribution >= 4 is 17.5 Å². The van der Waals surface area contributed by atoms with Gasteiger partial charge in [0.05, 0.1) is 18.2 Å². The molecule has 3 heterocycles. The zero-order valence-corrected chi connectivity index (χ0v) is 20.8. The Balaban J connectivity index is 1.46. The van der Waals surface area contributed by atoms with Gasteiger partial charge in [-0.15, -0.1) is 0 Å². The zero-order chi connectivity index (χ0) is 26.7. The molecule has 0 aliphatic carbocycles. The van der Waals surface area contributed by atoms with Gasteiger partial charge in [-0.25, -0.2) is 9.78 Å². The summed E-state index contributed by atoms with van der Waals surface area (Å²) in [6.07, 6.45) is -3.13. The molecular weight excluding hydrogens is 495 g/mol. The average molecular weight is 524 g/mol. The van der Waals surface area contributed by atoms with Crippen LogP contribution >= 0.6 is 0 Å². The van der Waals surface area contributed by atoms with Crippen molar-refractivity contribution in [3.63, 3.8) is 0 Å². The van der Waals surface area contributed by atoms with Crippen molar-refractivity contribution in [3.8, 4) is 11.3 Å². The number of imidazole rings is 1. The Morgan fingerprint density at radius 1 is 1.03 bits per heavy atom. The number of benzene rings is 2. The maximum absolute atomic E-state index is 13.8. The minimum absolute atomic E-state index is 0.0476. The van der Waals surface area contributed by atoms with E-state index in [1.54, 1.807) is 37.4 Å². The Bertz CT molecular complexity index is 1390. The summed E-state index contributed by atoms with van der Waals surface area (Å²) >= 11 is 0. The average Bonchev–Trinajstić information content (AvgIpc) is 3.49. The molecule has 38 heavy (non-hydrogen) atoms. The van der Waals surface area contributed by atoms with Crippen LogP contribution in [0.15, 0.2) is 79.0 Å². The van der Waals surface area contributed by atoms with Gasteiger partial charge in [-0.2, -0.15) is 13.2 Å². The molecule has 1 fully saturated rings.